The summed E-state index contributed by atoms with van der Waals surface area (Å²) in [5.74, 6) is -0.275. The Hall–Kier alpha value is -1.89. The lowest BCUT2D eigenvalue weighted by Gasteiger charge is -2.10. The Morgan fingerprint density at radius 2 is 1.80 bits per heavy atom. The summed E-state index contributed by atoms with van der Waals surface area (Å²) in [7, 11) is -2.58. The second kappa shape index (κ2) is 7.99. The fourth-order valence-corrected chi connectivity index (χ4v) is 3.46. The maximum absolute atomic E-state index is 12.4. The van der Waals surface area contributed by atoms with E-state index in [1.807, 2.05) is 24.3 Å². The molecule has 7 heteroatoms. The molecule has 2 aromatic rings. The van der Waals surface area contributed by atoms with E-state index >= 15 is 0 Å². The van der Waals surface area contributed by atoms with Gasteiger partial charge < -0.3 is 4.74 Å². The number of carbonyl (C=O) groups is 1. The summed E-state index contributed by atoms with van der Waals surface area (Å²) in [5.41, 5.74) is 2.04. The van der Waals surface area contributed by atoms with E-state index in [9.17, 15) is 13.2 Å². The summed E-state index contributed by atoms with van der Waals surface area (Å²) < 4.78 is 32.0. The number of carbonyl (C=O) groups excluding carboxylic acids is 1. The smallest absolute Gasteiger partial charge is 0.339 e. The average molecular weight is 382 g/mol. The van der Waals surface area contributed by atoms with Crippen molar-refractivity contribution in [1.82, 2.24) is 4.72 Å². The van der Waals surface area contributed by atoms with Crippen LogP contribution in [0.2, 0.25) is 5.02 Å². The largest absolute Gasteiger partial charge is 0.465 e. The van der Waals surface area contributed by atoms with E-state index in [0.717, 1.165) is 5.56 Å². The molecule has 1 N–H and O–H groups in total. The van der Waals surface area contributed by atoms with Crippen LogP contribution in [-0.4, -0.2) is 21.5 Å². The standard InChI is InChI=1S/C18H20ClNO4S/c1-12(2)14-6-4-13(5-7-14)11-20-25(22,23)15-8-9-17(19)16(10-15)18(21)24-3/h4-10,12,20H,11H2,1-3H3. The zero-order chi connectivity index (χ0) is 18.6. The van der Waals surface area contributed by atoms with Crippen molar-refractivity contribution in [3.63, 3.8) is 0 Å². The Balaban J connectivity index is 2.17. The van der Waals surface area contributed by atoms with Crippen molar-refractivity contribution in [2.24, 2.45) is 0 Å². The Labute approximate surface area is 153 Å². The van der Waals surface area contributed by atoms with E-state index in [1.165, 1.54) is 30.9 Å². The van der Waals surface area contributed by atoms with Crippen LogP contribution >= 0.6 is 11.6 Å². The van der Waals surface area contributed by atoms with Gasteiger partial charge in [0.1, 0.15) is 0 Å². The van der Waals surface area contributed by atoms with Crippen LogP contribution < -0.4 is 4.72 Å². The topological polar surface area (TPSA) is 72.5 Å². The van der Waals surface area contributed by atoms with E-state index < -0.39 is 16.0 Å². The first-order valence-electron chi connectivity index (χ1n) is 7.71. The number of halogens is 1. The van der Waals surface area contributed by atoms with Gasteiger partial charge in [0.05, 0.1) is 22.6 Å². The van der Waals surface area contributed by atoms with Gasteiger partial charge in [0.2, 0.25) is 10.0 Å². The molecule has 0 aliphatic carbocycles. The lowest BCUT2D eigenvalue weighted by Crippen LogP contribution is -2.23. The fourth-order valence-electron chi connectivity index (χ4n) is 2.22. The molecular formula is C18H20ClNO4S. The summed E-state index contributed by atoms with van der Waals surface area (Å²) >= 11 is 5.92. The van der Waals surface area contributed by atoms with Crippen molar-refractivity contribution < 1.29 is 17.9 Å². The van der Waals surface area contributed by atoms with Gasteiger partial charge in [0.15, 0.2) is 0 Å². The van der Waals surface area contributed by atoms with Crippen LogP contribution in [0.15, 0.2) is 47.4 Å². The first kappa shape index (κ1) is 19.4. The third kappa shape index (κ3) is 4.81. The van der Waals surface area contributed by atoms with Crippen LogP contribution in [0.25, 0.3) is 0 Å². The number of benzene rings is 2. The monoisotopic (exact) mass is 381 g/mol. The zero-order valence-electron chi connectivity index (χ0n) is 14.2. The summed E-state index contributed by atoms with van der Waals surface area (Å²) in [5, 5.41) is 0.134. The summed E-state index contributed by atoms with van der Waals surface area (Å²) in [6.45, 7) is 4.34. The molecule has 134 valence electrons. The molecule has 0 radical (unpaired) electrons. The van der Waals surface area contributed by atoms with Gasteiger partial charge in [-0.05, 0) is 35.2 Å². The molecule has 2 rings (SSSR count). The molecular weight excluding hydrogens is 362 g/mol. The highest BCUT2D eigenvalue weighted by Gasteiger charge is 2.19. The first-order chi connectivity index (χ1) is 11.7. The first-order valence-corrected chi connectivity index (χ1v) is 9.57. The van der Waals surface area contributed by atoms with Crippen molar-refractivity contribution in [3.05, 3.63) is 64.2 Å². The maximum Gasteiger partial charge on any atom is 0.339 e. The summed E-state index contributed by atoms with van der Waals surface area (Å²) in [6.07, 6.45) is 0. The molecule has 0 aromatic heterocycles. The SMILES string of the molecule is COC(=O)c1cc(S(=O)(=O)NCc2ccc(C(C)C)cc2)ccc1Cl. The van der Waals surface area contributed by atoms with Gasteiger partial charge in [0.25, 0.3) is 0 Å². The Morgan fingerprint density at radius 3 is 2.36 bits per heavy atom. The lowest BCUT2D eigenvalue weighted by atomic mass is 10.0. The highest BCUT2D eigenvalue weighted by Crippen LogP contribution is 2.21. The minimum absolute atomic E-state index is 0.00771. The van der Waals surface area contributed by atoms with Gasteiger partial charge >= 0.3 is 5.97 Å². The third-order valence-corrected chi connectivity index (χ3v) is 5.49. The van der Waals surface area contributed by atoms with E-state index in [1.54, 1.807) is 0 Å². The normalized spacial score (nSPS) is 11.6. The number of ether oxygens (including phenoxy) is 1. The fraction of sp³-hybridized carbons (Fsp3) is 0.278. The number of sulfonamides is 1. The van der Waals surface area contributed by atoms with Crippen molar-refractivity contribution in [1.29, 1.82) is 0 Å². The number of hydrogen-bond acceptors (Lipinski definition) is 4. The van der Waals surface area contributed by atoms with E-state index in [2.05, 4.69) is 23.3 Å². The number of methoxy groups -OCH3 is 1. The van der Waals surface area contributed by atoms with Crippen LogP contribution in [0.5, 0.6) is 0 Å². The second-order valence-electron chi connectivity index (χ2n) is 5.85. The van der Waals surface area contributed by atoms with Crippen molar-refractivity contribution >= 4 is 27.6 Å². The van der Waals surface area contributed by atoms with E-state index in [-0.39, 0.29) is 22.0 Å². The van der Waals surface area contributed by atoms with E-state index in [4.69, 9.17) is 11.6 Å². The van der Waals surface area contributed by atoms with Crippen LogP contribution in [0.4, 0.5) is 0 Å². The van der Waals surface area contributed by atoms with Crippen LogP contribution in [0, 0.1) is 0 Å². The van der Waals surface area contributed by atoms with Gasteiger partial charge in [-0.3, -0.25) is 0 Å². The molecule has 0 saturated carbocycles. The number of nitrogens with one attached hydrogen (secondary N) is 1. The molecule has 0 aliphatic rings. The molecule has 0 unspecified atom stereocenters. The molecule has 25 heavy (non-hydrogen) atoms. The Kier molecular flexibility index (Phi) is 6.21. The van der Waals surface area contributed by atoms with Gasteiger partial charge in [-0.1, -0.05) is 49.7 Å². The lowest BCUT2D eigenvalue weighted by molar-refractivity contribution is 0.0600. The van der Waals surface area contributed by atoms with Crippen LogP contribution in [-0.2, 0) is 21.3 Å². The van der Waals surface area contributed by atoms with Gasteiger partial charge in [-0.15, -0.1) is 0 Å². The quantitative estimate of drug-likeness (QED) is 0.774. The molecule has 0 atom stereocenters. The molecule has 0 saturated heterocycles. The summed E-state index contributed by atoms with van der Waals surface area (Å²) in [6, 6.07) is 11.6. The minimum atomic E-state index is -3.78. The Morgan fingerprint density at radius 1 is 1.16 bits per heavy atom. The molecule has 0 bridgehead atoms. The van der Waals surface area contributed by atoms with Crippen molar-refractivity contribution in [3.8, 4) is 0 Å². The number of rotatable bonds is 6. The molecule has 0 heterocycles. The molecule has 5 nitrogen and oxygen atoms in total. The van der Waals surface area contributed by atoms with Crippen LogP contribution in [0.3, 0.4) is 0 Å². The number of hydrogen-bond donors (Lipinski definition) is 1. The predicted molar refractivity (Wildman–Crippen MR) is 97.3 cm³/mol. The average Bonchev–Trinajstić information content (AvgIpc) is 2.60. The highest BCUT2D eigenvalue weighted by molar-refractivity contribution is 7.89. The molecule has 0 spiro atoms. The number of esters is 1. The van der Waals surface area contributed by atoms with Crippen molar-refractivity contribution in [2.45, 2.75) is 31.2 Å². The third-order valence-electron chi connectivity index (χ3n) is 3.77. The van der Waals surface area contributed by atoms with Gasteiger partial charge in [-0.2, -0.15) is 0 Å². The zero-order valence-corrected chi connectivity index (χ0v) is 15.8. The highest BCUT2D eigenvalue weighted by atomic mass is 35.5. The molecule has 0 aliphatic heterocycles. The summed E-state index contributed by atoms with van der Waals surface area (Å²) in [4.78, 5) is 11.6. The minimum Gasteiger partial charge on any atom is -0.465 e. The van der Waals surface area contributed by atoms with E-state index in [0.29, 0.717) is 5.92 Å². The predicted octanol–water partition coefficient (Wildman–Crippen LogP) is 3.73. The maximum atomic E-state index is 12.4. The Bertz CT molecular complexity index is 861. The molecule has 0 fully saturated rings. The van der Waals surface area contributed by atoms with Gasteiger partial charge in [-0.25, -0.2) is 17.9 Å². The second-order valence-corrected chi connectivity index (χ2v) is 8.03. The van der Waals surface area contributed by atoms with Gasteiger partial charge in [0, 0.05) is 6.54 Å². The van der Waals surface area contributed by atoms with Crippen LogP contribution in [0.1, 0.15) is 41.3 Å². The molecule has 2 aromatic carbocycles. The van der Waals surface area contributed by atoms with Crippen molar-refractivity contribution in [2.75, 3.05) is 7.11 Å². The molecule has 0 amide bonds.